The molecule has 1 aliphatic carbocycles. The SMILES string of the molecule is CC(C)COC(C)OC(=O)NCC1(CC(=O)O)CCCCC1. The highest BCUT2D eigenvalue weighted by Crippen LogP contribution is 2.38. The monoisotopic (exact) mass is 315 g/mol. The summed E-state index contributed by atoms with van der Waals surface area (Å²) in [6, 6.07) is 0. The molecule has 1 saturated carbocycles. The topological polar surface area (TPSA) is 84.9 Å². The first kappa shape index (κ1) is 18.7. The van der Waals surface area contributed by atoms with Crippen LogP contribution in [0.2, 0.25) is 0 Å². The maximum atomic E-state index is 11.8. The van der Waals surface area contributed by atoms with E-state index in [1.165, 1.54) is 0 Å². The molecule has 22 heavy (non-hydrogen) atoms. The summed E-state index contributed by atoms with van der Waals surface area (Å²) in [4.78, 5) is 22.9. The Kier molecular flexibility index (Phi) is 7.65. The Morgan fingerprint density at radius 3 is 2.36 bits per heavy atom. The van der Waals surface area contributed by atoms with E-state index in [9.17, 15) is 9.59 Å². The van der Waals surface area contributed by atoms with Crippen LogP contribution in [-0.2, 0) is 14.3 Å². The standard InChI is InChI=1S/C16H29NO5/c1-12(2)10-21-13(3)22-15(20)17-11-16(9-14(18)19)7-5-4-6-8-16/h12-13H,4-11H2,1-3H3,(H,17,20)(H,18,19). The predicted octanol–water partition coefficient (Wildman–Crippen LogP) is 3.16. The van der Waals surface area contributed by atoms with E-state index >= 15 is 0 Å². The van der Waals surface area contributed by atoms with Crippen LogP contribution in [0.3, 0.4) is 0 Å². The number of alkyl carbamates (subject to hydrolysis) is 1. The molecule has 1 aliphatic rings. The van der Waals surface area contributed by atoms with Crippen LogP contribution in [0.4, 0.5) is 4.79 Å². The number of carboxylic acid groups (broad SMARTS) is 1. The predicted molar refractivity (Wildman–Crippen MR) is 82.5 cm³/mol. The first-order chi connectivity index (χ1) is 10.3. The number of rotatable bonds is 8. The first-order valence-electron chi connectivity index (χ1n) is 8.11. The van der Waals surface area contributed by atoms with Crippen LogP contribution in [0.25, 0.3) is 0 Å². The Morgan fingerprint density at radius 2 is 1.82 bits per heavy atom. The van der Waals surface area contributed by atoms with Crippen LogP contribution >= 0.6 is 0 Å². The Bertz CT molecular complexity index is 364. The molecule has 0 saturated heterocycles. The van der Waals surface area contributed by atoms with Gasteiger partial charge in [-0.1, -0.05) is 33.1 Å². The highest BCUT2D eigenvalue weighted by Gasteiger charge is 2.35. The minimum Gasteiger partial charge on any atom is -0.481 e. The lowest BCUT2D eigenvalue weighted by Gasteiger charge is -2.36. The Balaban J connectivity index is 2.40. The number of hydrogen-bond donors (Lipinski definition) is 2. The van der Waals surface area contributed by atoms with Crippen LogP contribution in [-0.4, -0.2) is 36.6 Å². The van der Waals surface area contributed by atoms with Crippen LogP contribution in [0.1, 0.15) is 59.3 Å². The average Bonchev–Trinajstić information content (AvgIpc) is 2.43. The van der Waals surface area contributed by atoms with Gasteiger partial charge in [-0.3, -0.25) is 4.79 Å². The second kappa shape index (κ2) is 8.98. The summed E-state index contributed by atoms with van der Waals surface area (Å²) in [6.07, 6.45) is 3.75. The van der Waals surface area contributed by atoms with Crippen molar-refractivity contribution in [1.29, 1.82) is 0 Å². The van der Waals surface area contributed by atoms with Gasteiger partial charge in [-0.2, -0.15) is 0 Å². The maximum absolute atomic E-state index is 11.8. The van der Waals surface area contributed by atoms with Gasteiger partial charge < -0.3 is 19.9 Å². The number of hydrogen-bond acceptors (Lipinski definition) is 4. The molecule has 0 aromatic carbocycles. The lowest BCUT2D eigenvalue weighted by Crippen LogP contribution is -2.41. The lowest BCUT2D eigenvalue weighted by atomic mass is 9.72. The number of carbonyl (C=O) groups excluding carboxylic acids is 1. The van der Waals surface area contributed by atoms with Crippen molar-refractivity contribution in [3.8, 4) is 0 Å². The van der Waals surface area contributed by atoms with Crippen molar-refractivity contribution in [1.82, 2.24) is 5.32 Å². The van der Waals surface area contributed by atoms with Gasteiger partial charge in [0.2, 0.25) is 6.29 Å². The van der Waals surface area contributed by atoms with Crippen molar-refractivity contribution in [2.75, 3.05) is 13.2 Å². The van der Waals surface area contributed by atoms with E-state index in [0.29, 0.717) is 19.1 Å². The van der Waals surface area contributed by atoms with Crippen LogP contribution in [0, 0.1) is 11.3 Å². The van der Waals surface area contributed by atoms with E-state index in [4.69, 9.17) is 14.6 Å². The fraction of sp³-hybridized carbons (Fsp3) is 0.875. The van der Waals surface area contributed by atoms with Gasteiger partial charge in [0.1, 0.15) is 0 Å². The molecule has 1 atom stereocenters. The smallest absolute Gasteiger partial charge is 0.409 e. The van der Waals surface area contributed by atoms with Crippen molar-refractivity contribution < 1.29 is 24.2 Å². The highest BCUT2D eigenvalue weighted by atomic mass is 16.7. The Morgan fingerprint density at radius 1 is 1.18 bits per heavy atom. The molecule has 0 aliphatic heterocycles. The summed E-state index contributed by atoms with van der Waals surface area (Å²) in [5, 5.41) is 11.8. The molecule has 6 nitrogen and oxygen atoms in total. The highest BCUT2D eigenvalue weighted by molar-refractivity contribution is 5.69. The molecule has 0 aromatic rings. The van der Waals surface area contributed by atoms with E-state index in [0.717, 1.165) is 32.1 Å². The Hall–Kier alpha value is -1.30. The summed E-state index contributed by atoms with van der Waals surface area (Å²) in [6.45, 7) is 6.58. The van der Waals surface area contributed by atoms with Gasteiger partial charge in [0, 0.05) is 6.54 Å². The quantitative estimate of drug-likeness (QED) is 0.672. The van der Waals surface area contributed by atoms with Gasteiger partial charge in [0.15, 0.2) is 0 Å². The minimum absolute atomic E-state index is 0.0900. The molecule has 0 bridgehead atoms. The Labute approximate surface area is 132 Å². The maximum Gasteiger partial charge on any atom is 0.409 e. The molecule has 128 valence electrons. The van der Waals surface area contributed by atoms with E-state index in [1.807, 2.05) is 13.8 Å². The largest absolute Gasteiger partial charge is 0.481 e. The van der Waals surface area contributed by atoms with Crippen molar-refractivity contribution >= 4 is 12.1 Å². The lowest BCUT2D eigenvalue weighted by molar-refractivity contribution is -0.140. The third-order valence-electron chi connectivity index (χ3n) is 3.99. The molecule has 2 N–H and O–H groups in total. The second-order valence-corrected chi connectivity index (χ2v) is 6.68. The number of nitrogens with one attached hydrogen (secondary N) is 1. The summed E-state index contributed by atoms with van der Waals surface area (Å²) >= 11 is 0. The molecule has 1 unspecified atom stereocenters. The van der Waals surface area contributed by atoms with Gasteiger partial charge in [-0.25, -0.2) is 4.79 Å². The van der Waals surface area contributed by atoms with Crippen molar-refractivity contribution in [2.24, 2.45) is 11.3 Å². The molecule has 1 rings (SSSR count). The molecular formula is C16H29NO5. The summed E-state index contributed by atoms with van der Waals surface area (Å²) in [5.41, 5.74) is -0.342. The molecule has 0 radical (unpaired) electrons. The number of aliphatic carboxylic acids is 1. The molecule has 6 heteroatoms. The van der Waals surface area contributed by atoms with E-state index in [-0.39, 0.29) is 11.8 Å². The van der Waals surface area contributed by atoms with Gasteiger partial charge in [0.25, 0.3) is 0 Å². The third-order valence-corrected chi connectivity index (χ3v) is 3.99. The average molecular weight is 315 g/mol. The van der Waals surface area contributed by atoms with Gasteiger partial charge in [0.05, 0.1) is 13.0 Å². The van der Waals surface area contributed by atoms with E-state index in [2.05, 4.69) is 5.32 Å². The number of carboxylic acids is 1. The summed E-state index contributed by atoms with van der Waals surface area (Å²) in [5.74, 6) is -0.444. The molecule has 0 heterocycles. The number of carbonyl (C=O) groups is 2. The fourth-order valence-corrected chi connectivity index (χ4v) is 2.85. The summed E-state index contributed by atoms with van der Waals surface area (Å²) < 4.78 is 10.5. The molecule has 1 fully saturated rings. The number of amides is 1. The minimum atomic E-state index is -0.814. The number of ether oxygens (including phenoxy) is 2. The third kappa shape index (κ3) is 7.11. The van der Waals surface area contributed by atoms with Crippen LogP contribution in [0.15, 0.2) is 0 Å². The van der Waals surface area contributed by atoms with Gasteiger partial charge in [-0.05, 0) is 31.1 Å². The van der Waals surface area contributed by atoms with Crippen molar-refractivity contribution in [2.45, 2.75) is 65.6 Å². The van der Waals surface area contributed by atoms with E-state index in [1.54, 1.807) is 6.92 Å². The fourth-order valence-electron chi connectivity index (χ4n) is 2.85. The van der Waals surface area contributed by atoms with Crippen LogP contribution < -0.4 is 5.32 Å². The molecule has 0 aromatic heterocycles. The zero-order valence-corrected chi connectivity index (χ0v) is 13.9. The van der Waals surface area contributed by atoms with Gasteiger partial charge >= 0.3 is 12.1 Å². The molecule has 0 spiro atoms. The first-order valence-corrected chi connectivity index (χ1v) is 8.11. The van der Waals surface area contributed by atoms with Crippen molar-refractivity contribution in [3.63, 3.8) is 0 Å². The second-order valence-electron chi connectivity index (χ2n) is 6.68. The normalized spacial score (nSPS) is 18.7. The van der Waals surface area contributed by atoms with Crippen molar-refractivity contribution in [3.05, 3.63) is 0 Å². The van der Waals surface area contributed by atoms with Gasteiger partial charge in [-0.15, -0.1) is 0 Å². The molecular weight excluding hydrogens is 286 g/mol. The summed E-state index contributed by atoms with van der Waals surface area (Å²) in [7, 11) is 0. The molecule has 1 amide bonds. The van der Waals surface area contributed by atoms with Crippen LogP contribution in [0.5, 0.6) is 0 Å². The zero-order valence-electron chi connectivity index (χ0n) is 13.9. The van der Waals surface area contributed by atoms with E-state index < -0.39 is 18.4 Å². The zero-order chi connectivity index (χ0) is 16.6.